The Morgan fingerprint density at radius 2 is 1.90 bits per heavy atom. The van der Waals surface area contributed by atoms with Gasteiger partial charge in [-0.2, -0.15) is 0 Å². The molecule has 0 spiro atoms. The van der Waals surface area contributed by atoms with E-state index in [9.17, 15) is 4.79 Å². The van der Waals surface area contributed by atoms with Gasteiger partial charge < -0.3 is 15.4 Å². The molecule has 0 aliphatic rings. The van der Waals surface area contributed by atoms with Crippen LogP contribution in [0.25, 0.3) is 0 Å². The van der Waals surface area contributed by atoms with Crippen molar-refractivity contribution < 1.29 is 9.53 Å². The molecule has 0 fully saturated rings. The van der Waals surface area contributed by atoms with Crippen molar-refractivity contribution in [3.63, 3.8) is 0 Å². The van der Waals surface area contributed by atoms with Gasteiger partial charge in [0.15, 0.2) is 0 Å². The molecule has 1 amide bonds. The zero-order valence-electron chi connectivity index (χ0n) is 14.0. The molecule has 0 aliphatic carbocycles. The smallest absolute Gasteiger partial charge is 0.240 e. The van der Waals surface area contributed by atoms with Gasteiger partial charge in [-0.25, -0.2) is 0 Å². The van der Waals surface area contributed by atoms with Crippen LogP contribution in [0.15, 0.2) is 24.3 Å². The molecular weight excluding hydrogens is 264 g/mol. The Hall–Kier alpha value is -1.55. The van der Waals surface area contributed by atoms with Crippen molar-refractivity contribution in [2.75, 3.05) is 14.2 Å². The van der Waals surface area contributed by atoms with Crippen molar-refractivity contribution in [3.8, 4) is 5.75 Å². The summed E-state index contributed by atoms with van der Waals surface area (Å²) in [4.78, 5) is 14.2. The highest BCUT2D eigenvalue weighted by Gasteiger charge is 2.31. The van der Waals surface area contributed by atoms with Crippen LogP contribution in [0, 0.1) is 5.41 Å². The molecular formula is C17H28N2O2. The van der Waals surface area contributed by atoms with Crippen molar-refractivity contribution >= 4 is 5.91 Å². The zero-order valence-corrected chi connectivity index (χ0v) is 14.0. The maximum absolute atomic E-state index is 12.4. The van der Waals surface area contributed by atoms with Crippen molar-refractivity contribution in [1.29, 1.82) is 0 Å². The maximum atomic E-state index is 12.4. The number of hydrogen-bond donors (Lipinski definition) is 1. The highest BCUT2D eigenvalue weighted by atomic mass is 16.5. The second-order valence-corrected chi connectivity index (χ2v) is 6.66. The molecule has 1 aromatic rings. The van der Waals surface area contributed by atoms with E-state index in [1.807, 2.05) is 59.0 Å². The van der Waals surface area contributed by atoms with Gasteiger partial charge in [0.25, 0.3) is 0 Å². The molecule has 0 saturated heterocycles. The normalized spacial score (nSPS) is 14.4. The second kappa shape index (κ2) is 6.94. The predicted octanol–water partition coefficient (Wildman–Crippen LogP) is 2.46. The number of benzene rings is 1. The maximum Gasteiger partial charge on any atom is 0.240 e. The van der Waals surface area contributed by atoms with Gasteiger partial charge in [-0.15, -0.1) is 0 Å². The zero-order chi connectivity index (χ0) is 16.2. The van der Waals surface area contributed by atoms with E-state index in [-0.39, 0.29) is 17.4 Å². The molecule has 0 radical (unpaired) electrons. The van der Waals surface area contributed by atoms with Crippen molar-refractivity contribution in [2.45, 2.75) is 46.2 Å². The topological polar surface area (TPSA) is 55.6 Å². The van der Waals surface area contributed by atoms with Gasteiger partial charge in [-0.3, -0.25) is 4.79 Å². The largest absolute Gasteiger partial charge is 0.496 e. The number of carbonyl (C=O) groups excluding carboxylic acids is 1. The van der Waals surface area contributed by atoms with Gasteiger partial charge >= 0.3 is 0 Å². The predicted molar refractivity (Wildman–Crippen MR) is 86.4 cm³/mol. The highest BCUT2D eigenvalue weighted by molar-refractivity contribution is 5.82. The molecule has 4 heteroatoms. The van der Waals surface area contributed by atoms with E-state index < -0.39 is 6.04 Å². The van der Waals surface area contributed by atoms with E-state index in [2.05, 4.69) is 0 Å². The van der Waals surface area contributed by atoms with Gasteiger partial charge in [0.2, 0.25) is 5.91 Å². The molecule has 0 saturated carbocycles. The van der Waals surface area contributed by atoms with Gasteiger partial charge in [0, 0.05) is 13.1 Å². The van der Waals surface area contributed by atoms with Crippen LogP contribution in [0.5, 0.6) is 5.75 Å². The Labute approximate surface area is 128 Å². The van der Waals surface area contributed by atoms with E-state index in [1.54, 1.807) is 12.0 Å². The summed E-state index contributed by atoms with van der Waals surface area (Å²) < 4.78 is 5.36. The number of carbonyl (C=O) groups is 1. The Bertz CT molecular complexity index is 480. The first-order valence-electron chi connectivity index (χ1n) is 7.32. The number of rotatable bonds is 5. The summed E-state index contributed by atoms with van der Waals surface area (Å²) in [7, 11) is 3.47. The molecule has 0 aliphatic heterocycles. The fourth-order valence-electron chi connectivity index (χ4n) is 2.13. The van der Waals surface area contributed by atoms with Crippen molar-refractivity contribution in [1.82, 2.24) is 4.90 Å². The number of amides is 1. The lowest BCUT2D eigenvalue weighted by Crippen LogP contribution is -2.51. The van der Waals surface area contributed by atoms with Gasteiger partial charge in [0.05, 0.1) is 13.2 Å². The number of likely N-dealkylation sites (N-methyl/N-ethyl adjacent to an activating group) is 1. The number of nitrogens with zero attached hydrogens (tertiary/aromatic N) is 1. The van der Waals surface area contributed by atoms with Crippen molar-refractivity contribution in [2.24, 2.45) is 11.1 Å². The summed E-state index contributed by atoms with van der Waals surface area (Å²) in [6, 6.07) is 7.44. The van der Waals surface area contributed by atoms with Crippen LogP contribution < -0.4 is 10.5 Å². The van der Waals surface area contributed by atoms with Crippen LogP contribution in [0.3, 0.4) is 0 Å². The molecule has 0 heterocycles. The molecule has 2 unspecified atom stereocenters. The second-order valence-electron chi connectivity index (χ2n) is 6.66. The van der Waals surface area contributed by atoms with Crippen LogP contribution >= 0.6 is 0 Å². The summed E-state index contributed by atoms with van der Waals surface area (Å²) in [6.45, 7) is 7.97. The molecule has 21 heavy (non-hydrogen) atoms. The van der Waals surface area contributed by atoms with E-state index in [0.717, 1.165) is 17.7 Å². The van der Waals surface area contributed by atoms with Gasteiger partial charge in [-0.05, 0) is 30.4 Å². The monoisotopic (exact) mass is 292 g/mol. The van der Waals surface area contributed by atoms with Crippen molar-refractivity contribution in [3.05, 3.63) is 29.8 Å². The first-order chi connectivity index (χ1) is 9.68. The standard InChI is InChI=1S/C17H28N2O2/c1-12(11-13-9-7-8-10-14(13)21-6)19(5)16(20)15(18)17(2,3)4/h7-10,12,15H,11,18H2,1-6H3. The Morgan fingerprint density at radius 1 is 1.33 bits per heavy atom. The average molecular weight is 292 g/mol. The third-order valence-electron chi connectivity index (χ3n) is 3.92. The molecule has 4 nitrogen and oxygen atoms in total. The third kappa shape index (κ3) is 4.46. The molecule has 1 aromatic carbocycles. The Morgan fingerprint density at radius 3 is 2.43 bits per heavy atom. The molecule has 0 aromatic heterocycles. The Kier molecular flexibility index (Phi) is 5.78. The fourth-order valence-corrected chi connectivity index (χ4v) is 2.13. The van der Waals surface area contributed by atoms with Crippen LogP contribution in [-0.4, -0.2) is 37.0 Å². The van der Waals surface area contributed by atoms with Gasteiger partial charge in [0.1, 0.15) is 5.75 Å². The molecule has 2 atom stereocenters. The highest BCUT2D eigenvalue weighted by Crippen LogP contribution is 2.22. The number of para-hydroxylation sites is 1. The number of methoxy groups -OCH3 is 1. The number of nitrogens with two attached hydrogens (primary N) is 1. The summed E-state index contributed by atoms with van der Waals surface area (Å²) in [5.74, 6) is 0.829. The van der Waals surface area contributed by atoms with Gasteiger partial charge in [-0.1, -0.05) is 39.0 Å². The van der Waals surface area contributed by atoms with Crippen LogP contribution in [0.2, 0.25) is 0 Å². The molecule has 1 rings (SSSR count). The van der Waals surface area contributed by atoms with E-state index in [1.165, 1.54) is 0 Å². The minimum absolute atomic E-state index is 0.0232. The quantitative estimate of drug-likeness (QED) is 0.907. The third-order valence-corrected chi connectivity index (χ3v) is 3.92. The number of hydrogen-bond acceptors (Lipinski definition) is 3. The summed E-state index contributed by atoms with van der Waals surface area (Å²) in [5.41, 5.74) is 6.92. The summed E-state index contributed by atoms with van der Waals surface area (Å²) in [6.07, 6.45) is 0.739. The van der Waals surface area contributed by atoms with E-state index in [4.69, 9.17) is 10.5 Å². The van der Waals surface area contributed by atoms with Crippen LogP contribution in [0.4, 0.5) is 0 Å². The van der Waals surface area contributed by atoms with Crippen LogP contribution in [-0.2, 0) is 11.2 Å². The summed E-state index contributed by atoms with van der Waals surface area (Å²) >= 11 is 0. The van der Waals surface area contributed by atoms with Crippen LogP contribution in [0.1, 0.15) is 33.3 Å². The first-order valence-corrected chi connectivity index (χ1v) is 7.32. The molecule has 118 valence electrons. The lowest BCUT2D eigenvalue weighted by molar-refractivity contribution is -0.135. The average Bonchev–Trinajstić information content (AvgIpc) is 2.44. The summed E-state index contributed by atoms with van der Waals surface area (Å²) in [5, 5.41) is 0. The lowest BCUT2D eigenvalue weighted by Gasteiger charge is -2.33. The molecule has 0 bridgehead atoms. The van der Waals surface area contributed by atoms with E-state index >= 15 is 0 Å². The Balaban J connectivity index is 2.79. The SMILES string of the molecule is COc1ccccc1CC(C)N(C)C(=O)C(N)C(C)(C)C. The minimum Gasteiger partial charge on any atom is -0.496 e. The first kappa shape index (κ1) is 17.5. The lowest BCUT2D eigenvalue weighted by atomic mass is 9.86. The minimum atomic E-state index is -0.498. The number of ether oxygens (including phenoxy) is 1. The molecule has 2 N–H and O–H groups in total. The fraction of sp³-hybridized carbons (Fsp3) is 0.588. The van der Waals surface area contributed by atoms with E-state index in [0.29, 0.717) is 0 Å².